The number of amides is 1. The maximum absolute atomic E-state index is 12.2. The van der Waals surface area contributed by atoms with Gasteiger partial charge in [-0.3, -0.25) is 9.78 Å². The summed E-state index contributed by atoms with van der Waals surface area (Å²) in [4.78, 5) is 16.2. The van der Waals surface area contributed by atoms with Gasteiger partial charge < -0.3 is 14.2 Å². The van der Waals surface area contributed by atoms with Crippen molar-refractivity contribution in [2.24, 2.45) is 0 Å². The minimum absolute atomic E-state index is 0.144. The number of para-hydroxylation sites is 1. The van der Waals surface area contributed by atoms with Crippen LogP contribution in [0.15, 0.2) is 68.9 Å². The maximum Gasteiger partial charge on any atom is 0.277 e. The van der Waals surface area contributed by atoms with Gasteiger partial charge in [0.15, 0.2) is 0 Å². The van der Waals surface area contributed by atoms with E-state index < -0.39 is 0 Å². The molecule has 0 bridgehead atoms. The van der Waals surface area contributed by atoms with Crippen LogP contribution in [0.2, 0.25) is 0 Å². The van der Waals surface area contributed by atoms with Crippen molar-refractivity contribution in [3.8, 4) is 11.5 Å². The molecule has 4 aromatic rings. The van der Waals surface area contributed by atoms with Gasteiger partial charge in [-0.1, -0.05) is 30.0 Å². The number of pyridine rings is 1. The standard InChI is InChI=1S/C19H16N4O3S/c1-12(16-9-13-5-2-3-7-15(13)25-16)21-17(24)11-27-19-23-22-18(26-19)14-6-4-8-20-10-14/h2-10,12H,11H2,1H3,(H,21,24)/t12-/m0/s1. The quantitative estimate of drug-likeness (QED) is 0.508. The number of thioether (sulfide) groups is 1. The SMILES string of the molecule is C[C@H](NC(=O)CSc1nnc(-c2cccnc2)o1)c1cc2ccccc2o1. The van der Waals surface area contributed by atoms with E-state index >= 15 is 0 Å². The summed E-state index contributed by atoms with van der Waals surface area (Å²) < 4.78 is 11.3. The van der Waals surface area contributed by atoms with Gasteiger partial charge in [-0.15, -0.1) is 10.2 Å². The predicted octanol–water partition coefficient (Wildman–Crippen LogP) is 3.85. The van der Waals surface area contributed by atoms with E-state index in [1.807, 2.05) is 43.3 Å². The molecule has 0 saturated heterocycles. The Morgan fingerprint density at radius 1 is 1.19 bits per heavy atom. The molecule has 1 aromatic carbocycles. The Balaban J connectivity index is 1.33. The summed E-state index contributed by atoms with van der Waals surface area (Å²) in [6, 6.07) is 13.1. The Hall–Kier alpha value is -3.13. The van der Waals surface area contributed by atoms with E-state index in [1.54, 1.807) is 18.5 Å². The van der Waals surface area contributed by atoms with Crippen LogP contribution in [0, 0.1) is 0 Å². The summed E-state index contributed by atoms with van der Waals surface area (Å²) in [5, 5.41) is 12.2. The van der Waals surface area contributed by atoms with Crippen LogP contribution in [-0.4, -0.2) is 26.8 Å². The van der Waals surface area contributed by atoms with Crippen molar-refractivity contribution >= 4 is 28.6 Å². The first kappa shape index (κ1) is 17.3. The largest absolute Gasteiger partial charge is 0.459 e. The lowest BCUT2D eigenvalue weighted by Crippen LogP contribution is -2.27. The normalized spacial score (nSPS) is 12.2. The fourth-order valence-electron chi connectivity index (χ4n) is 2.57. The Morgan fingerprint density at radius 3 is 2.89 bits per heavy atom. The van der Waals surface area contributed by atoms with Crippen LogP contribution in [0.25, 0.3) is 22.4 Å². The average Bonchev–Trinajstić information content (AvgIpc) is 3.34. The Kier molecular flexibility index (Phi) is 4.88. The van der Waals surface area contributed by atoms with Crippen molar-refractivity contribution in [1.29, 1.82) is 0 Å². The molecule has 27 heavy (non-hydrogen) atoms. The lowest BCUT2D eigenvalue weighted by atomic mass is 10.2. The van der Waals surface area contributed by atoms with Crippen molar-refractivity contribution in [3.05, 3.63) is 60.6 Å². The van der Waals surface area contributed by atoms with Gasteiger partial charge in [-0.05, 0) is 31.2 Å². The van der Waals surface area contributed by atoms with Crippen LogP contribution in [0.3, 0.4) is 0 Å². The monoisotopic (exact) mass is 380 g/mol. The van der Waals surface area contributed by atoms with Crippen LogP contribution in [0.1, 0.15) is 18.7 Å². The molecular formula is C19H16N4O3S. The minimum Gasteiger partial charge on any atom is -0.459 e. The summed E-state index contributed by atoms with van der Waals surface area (Å²) in [5.41, 5.74) is 1.54. The van der Waals surface area contributed by atoms with Crippen LogP contribution < -0.4 is 5.32 Å². The lowest BCUT2D eigenvalue weighted by Gasteiger charge is -2.10. The number of rotatable bonds is 6. The molecule has 0 aliphatic carbocycles. The molecule has 0 aliphatic heterocycles. The van der Waals surface area contributed by atoms with Crippen LogP contribution >= 0.6 is 11.8 Å². The van der Waals surface area contributed by atoms with Gasteiger partial charge in [0.05, 0.1) is 17.4 Å². The highest BCUT2D eigenvalue weighted by molar-refractivity contribution is 7.99. The molecule has 0 spiro atoms. The molecule has 136 valence electrons. The third kappa shape index (κ3) is 4.01. The average molecular weight is 380 g/mol. The van der Waals surface area contributed by atoms with Gasteiger partial charge in [-0.2, -0.15) is 0 Å². The van der Waals surface area contributed by atoms with E-state index in [9.17, 15) is 4.79 Å². The molecule has 3 aromatic heterocycles. The Bertz CT molecular complexity index is 1030. The smallest absolute Gasteiger partial charge is 0.277 e. The zero-order valence-electron chi connectivity index (χ0n) is 14.5. The maximum atomic E-state index is 12.2. The highest BCUT2D eigenvalue weighted by atomic mass is 32.2. The van der Waals surface area contributed by atoms with E-state index in [-0.39, 0.29) is 17.7 Å². The highest BCUT2D eigenvalue weighted by Crippen LogP contribution is 2.25. The fourth-order valence-corrected chi connectivity index (χ4v) is 3.15. The van der Waals surface area contributed by atoms with Gasteiger partial charge in [0.2, 0.25) is 11.8 Å². The van der Waals surface area contributed by atoms with Gasteiger partial charge in [0.25, 0.3) is 5.22 Å². The van der Waals surface area contributed by atoms with Crippen LogP contribution in [0.4, 0.5) is 0 Å². The molecule has 1 amide bonds. The van der Waals surface area contributed by atoms with Crippen molar-refractivity contribution in [3.63, 3.8) is 0 Å². The van der Waals surface area contributed by atoms with Crippen molar-refractivity contribution < 1.29 is 13.6 Å². The van der Waals surface area contributed by atoms with E-state index in [0.717, 1.165) is 16.5 Å². The predicted molar refractivity (Wildman–Crippen MR) is 101 cm³/mol. The second kappa shape index (κ2) is 7.63. The van der Waals surface area contributed by atoms with E-state index in [2.05, 4.69) is 20.5 Å². The lowest BCUT2D eigenvalue weighted by molar-refractivity contribution is -0.119. The first-order chi connectivity index (χ1) is 13.2. The summed E-state index contributed by atoms with van der Waals surface area (Å²) in [7, 11) is 0. The number of nitrogens with one attached hydrogen (secondary N) is 1. The molecule has 0 radical (unpaired) electrons. The van der Waals surface area contributed by atoms with Crippen LogP contribution in [-0.2, 0) is 4.79 Å². The van der Waals surface area contributed by atoms with Crippen molar-refractivity contribution in [2.75, 3.05) is 5.75 Å². The fraction of sp³-hybridized carbons (Fsp3) is 0.158. The summed E-state index contributed by atoms with van der Waals surface area (Å²) in [6.45, 7) is 1.88. The molecule has 3 heterocycles. The molecule has 8 heteroatoms. The number of hydrogen-bond donors (Lipinski definition) is 1. The molecule has 0 saturated carbocycles. The van der Waals surface area contributed by atoms with E-state index in [0.29, 0.717) is 16.9 Å². The topological polar surface area (TPSA) is 94.1 Å². The first-order valence-electron chi connectivity index (χ1n) is 8.33. The van der Waals surface area contributed by atoms with Gasteiger partial charge >= 0.3 is 0 Å². The molecule has 0 aliphatic rings. The second-order valence-corrected chi connectivity index (χ2v) is 6.81. The minimum atomic E-state index is -0.237. The van der Waals surface area contributed by atoms with E-state index in [1.165, 1.54) is 11.8 Å². The number of hydrogen-bond acceptors (Lipinski definition) is 7. The number of nitrogens with zero attached hydrogens (tertiary/aromatic N) is 3. The molecule has 1 atom stereocenters. The molecule has 0 fully saturated rings. The number of carbonyl (C=O) groups is 1. The number of benzene rings is 1. The molecule has 0 unspecified atom stereocenters. The van der Waals surface area contributed by atoms with Gasteiger partial charge in [0, 0.05) is 17.8 Å². The van der Waals surface area contributed by atoms with Crippen molar-refractivity contribution in [2.45, 2.75) is 18.2 Å². The highest BCUT2D eigenvalue weighted by Gasteiger charge is 2.16. The van der Waals surface area contributed by atoms with E-state index in [4.69, 9.17) is 8.83 Å². The van der Waals surface area contributed by atoms with Gasteiger partial charge in [0.1, 0.15) is 11.3 Å². The third-order valence-electron chi connectivity index (χ3n) is 3.89. The molecule has 1 N–H and O–H groups in total. The zero-order chi connectivity index (χ0) is 18.6. The Labute approximate surface area is 159 Å². The number of furan rings is 1. The summed E-state index contributed by atoms with van der Waals surface area (Å²) >= 11 is 1.18. The third-order valence-corrected chi connectivity index (χ3v) is 4.71. The first-order valence-corrected chi connectivity index (χ1v) is 9.32. The molecule has 4 rings (SSSR count). The summed E-state index contributed by atoms with van der Waals surface area (Å²) in [5.74, 6) is 1.11. The van der Waals surface area contributed by atoms with Gasteiger partial charge in [-0.25, -0.2) is 0 Å². The van der Waals surface area contributed by atoms with Crippen molar-refractivity contribution in [1.82, 2.24) is 20.5 Å². The molecule has 7 nitrogen and oxygen atoms in total. The summed E-state index contributed by atoms with van der Waals surface area (Å²) in [6.07, 6.45) is 3.31. The second-order valence-electron chi connectivity index (χ2n) is 5.88. The number of fused-ring (bicyclic) bond motifs is 1. The zero-order valence-corrected chi connectivity index (χ0v) is 15.3. The number of carbonyl (C=O) groups excluding carboxylic acids is 1. The Morgan fingerprint density at radius 2 is 2.07 bits per heavy atom. The number of aromatic nitrogens is 3. The van der Waals surface area contributed by atoms with Crippen LogP contribution in [0.5, 0.6) is 0 Å². The molecular weight excluding hydrogens is 364 g/mol.